The Morgan fingerprint density at radius 3 is 2.23 bits per heavy atom. The van der Waals surface area contributed by atoms with Crippen molar-refractivity contribution < 1.29 is 17.9 Å². The first-order valence-electron chi connectivity index (χ1n) is 9.12. The number of carbonyl (C=O) groups excluding carboxylic acids is 1. The molecular weight excluding hydrogens is 468 g/mol. The Labute approximate surface area is 184 Å². The Hall–Kier alpha value is -2.84. The predicted octanol–water partition coefficient (Wildman–Crippen LogP) is 4.43. The summed E-state index contributed by atoms with van der Waals surface area (Å²) in [4.78, 5) is 12.1. The number of halogens is 1. The van der Waals surface area contributed by atoms with Gasteiger partial charge in [-0.2, -0.15) is 0 Å². The summed E-state index contributed by atoms with van der Waals surface area (Å²) in [7, 11) is -3.47. The summed E-state index contributed by atoms with van der Waals surface area (Å²) >= 11 is 3.37. The van der Waals surface area contributed by atoms with Gasteiger partial charge in [-0.15, -0.1) is 0 Å². The van der Waals surface area contributed by atoms with Crippen molar-refractivity contribution in [1.29, 1.82) is 0 Å². The molecule has 1 N–H and O–H groups in total. The number of hydrogen-bond acceptors (Lipinski definition) is 4. The molecule has 0 unspecified atom stereocenters. The van der Waals surface area contributed by atoms with Crippen LogP contribution in [0.1, 0.15) is 5.56 Å². The van der Waals surface area contributed by atoms with Crippen LogP contribution in [0.3, 0.4) is 0 Å². The van der Waals surface area contributed by atoms with E-state index >= 15 is 0 Å². The number of anilines is 2. The van der Waals surface area contributed by atoms with Gasteiger partial charge in [0.15, 0.2) is 6.61 Å². The molecule has 156 valence electrons. The van der Waals surface area contributed by atoms with Crippen molar-refractivity contribution in [3.05, 3.63) is 88.9 Å². The molecule has 6 nitrogen and oxygen atoms in total. The molecular formula is C22H21BrN2O4S. The summed E-state index contributed by atoms with van der Waals surface area (Å²) in [5, 5.41) is 2.76. The van der Waals surface area contributed by atoms with Crippen LogP contribution in [-0.4, -0.2) is 27.2 Å². The zero-order valence-corrected chi connectivity index (χ0v) is 18.7. The minimum Gasteiger partial charge on any atom is -0.484 e. The van der Waals surface area contributed by atoms with E-state index in [2.05, 4.69) is 21.2 Å². The fourth-order valence-corrected chi connectivity index (χ4v) is 4.03. The first-order valence-corrected chi connectivity index (χ1v) is 11.8. The van der Waals surface area contributed by atoms with Crippen molar-refractivity contribution in [1.82, 2.24) is 0 Å². The zero-order valence-electron chi connectivity index (χ0n) is 16.3. The van der Waals surface area contributed by atoms with E-state index in [9.17, 15) is 13.2 Å². The lowest BCUT2D eigenvalue weighted by Crippen LogP contribution is -2.29. The highest BCUT2D eigenvalue weighted by Gasteiger charge is 2.18. The van der Waals surface area contributed by atoms with Crippen LogP contribution in [0, 0.1) is 0 Å². The highest BCUT2D eigenvalue weighted by atomic mass is 79.9. The third kappa shape index (κ3) is 6.08. The molecule has 8 heteroatoms. The average molecular weight is 489 g/mol. The lowest BCUT2D eigenvalue weighted by Gasteiger charge is -2.22. The van der Waals surface area contributed by atoms with E-state index < -0.39 is 10.0 Å². The summed E-state index contributed by atoms with van der Waals surface area (Å²) in [5.41, 5.74) is 2.06. The quantitative estimate of drug-likeness (QED) is 0.508. The van der Waals surface area contributed by atoms with Crippen molar-refractivity contribution in [2.24, 2.45) is 0 Å². The molecule has 3 aromatic carbocycles. The van der Waals surface area contributed by atoms with Crippen molar-refractivity contribution in [2.75, 3.05) is 22.5 Å². The average Bonchev–Trinajstić information content (AvgIpc) is 2.73. The number of para-hydroxylation sites is 1. The Morgan fingerprint density at radius 1 is 0.967 bits per heavy atom. The Morgan fingerprint density at radius 2 is 1.60 bits per heavy atom. The standard InChI is InChI=1S/C22H21BrN2O4S/c1-30(27,28)25(15-17-7-3-2-4-8-17)18-11-13-19(14-12-18)29-16-22(26)24-21-10-6-5-9-20(21)23/h2-14H,15-16H2,1H3,(H,24,26). The Balaban J connectivity index is 1.64. The van der Waals surface area contributed by atoms with Gasteiger partial charge in [-0.1, -0.05) is 42.5 Å². The molecule has 0 saturated carbocycles. The molecule has 0 saturated heterocycles. The second-order valence-corrected chi connectivity index (χ2v) is 9.33. The monoisotopic (exact) mass is 488 g/mol. The maximum Gasteiger partial charge on any atom is 0.262 e. The van der Waals surface area contributed by atoms with E-state index in [-0.39, 0.29) is 19.1 Å². The topological polar surface area (TPSA) is 75.7 Å². The predicted molar refractivity (Wildman–Crippen MR) is 122 cm³/mol. The fraction of sp³-hybridized carbons (Fsp3) is 0.136. The Kier molecular flexibility index (Phi) is 7.12. The zero-order chi connectivity index (χ0) is 21.6. The van der Waals surface area contributed by atoms with E-state index in [1.807, 2.05) is 48.5 Å². The molecule has 0 spiro atoms. The minimum atomic E-state index is -3.47. The van der Waals surface area contributed by atoms with Crippen LogP contribution in [0.5, 0.6) is 5.75 Å². The molecule has 0 aliphatic rings. The summed E-state index contributed by atoms with van der Waals surface area (Å²) in [6, 6.07) is 23.3. The number of nitrogens with one attached hydrogen (secondary N) is 1. The molecule has 3 rings (SSSR count). The fourth-order valence-electron chi connectivity index (χ4n) is 2.76. The number of nitrogens with zero attached hydrogens (tertiary/aromatic N) is 1. The second-order valence-electron chi connectivity index (χ2n) is 6.57. The van der Waals surface area contributed by atoms with E-state index in [4.69, 9.17) is 4.74 Å². The van der Waals surface area contributed by atoms with Gasteiger partial charge in [0, 0.05) is 4.47 Å². The van der Waals surface area contributed by atoms with Crippen LogP contribution < -0.4 is 14.4 Å². The van der Waals surface area contributed by atoms with Gasteiger partial charge in [-0.05, 0) is 57.9 Å². The number of ether oxygens (including phenoxy) is 1. The summed E-state index contributed by atoms with van der Waals surface area (Å²) in [5.74, 6) is 0.169. The molecule has 0 aliphatic heterocycles. The molecule has 30 heavy (non-hydrogen) atoms. The van der Waals surface area contributed by atoms with Gasteiger partial charge in [-0.3, -0.25) is 9.10 Å². The van der Waals surface area contributed by atoms with Crippen LogP contribution in [-0.2, 0) is 21.4 Å². The second kappa shape index (κ2) is 9.77. The van der Waals surface area contributed by atoms with Gasteiger partial charge < -0.3 is 10.1 Å². The van der Waals surface area contributed by atoms with E-state index in [0.717, 1.165) is 10.0 Å². The lowest BCUT2D eigenvalue weighted by atomic mass is 10.2. The summed E-state index contributed by atoms with van der Waals surface area (Å²) in [6.45, 7) is 0.0642. The smallest absolute Gasteiger partial charge is 0.262 e. The minimum absolute atomic E-state index is 0.166. The summed E-state index contributed by atoms with van der Waals surface area (Å²) < 4.78 is 32.2. The summed E-state index contributed by atoms with van der Waals surface area (Å²) in [6.07, 6.45) is 1.17. The molecule has 0 bridgehead atoms. The number of amides is 1. The Bertz CT molecular complexity index is 1100. The molecule has 1 amide bonds. The maximum absolute atomic E-state index is 12.3. The molecule has 0 fully saturated rings. The van der Waals surface area contributed by atoms with E-state index in [1.54, 1.807) is 30.3 Å². The van der Waals surface area contributed by atoms with Gasteiger partial charge in [0.25, 0.3) is 5.91 Å². The number of hydrogen-bond donors (Lipinski definition) is 1. The van der Waals surface area contributed by atoms with Crippen LogP contribution in [0.25, 0.3) is 0 Å². The van der Waals surface area contributed by atoms with Crippen molar-refractivity contribution in [2.45, 2.75) is 6.54 Å². The van der Waals surface area contributed by atoms with Crippen LogP contribution in [0.2, 0.25) is 0 Å². The SMILES string of the molecule is CS(=O)(=O)N(Cc1ccccc1)c1ccc(OCC(=O)Nc2ccccc2Br)cc1. The van der Waals surface area contributed by atoms with Gasteiger partial charge in [-0.25, -0.2) is 8.42 Å². The molecule has 0 radical (unpaired) electrons. The molecule has 0 aliphatic carbocycles. The molecule has 0 aromatic heterocycles. The van der Waals surface area contributed by atoms with Crippen LogP contribution in [0.15, 0.2) is 83.3 Å². The van der Waals surface area contributed by atoms with Crippen molar-refractivity contribution in [3.63, 3.8) is 0 Å². The maximum atomic E-state index is 12.3. The van der Waals surface area contributed by atoms with Gasteiger partial charge >= 0.3 is 0 Å². The lowest BCUT2D eigenvalue weighted by molar-refractivity contribution is -0.118. The van der Waals surface area contributed by atoms with Crippen molar-refractivity contribution in [3.8, 4) is 5.75 Å². The first kappa shape index (κ1) is 21.9. The van der Waals surface area contributed by atoms with Gasteiger partial charge in [0.1, 0.15) is 5.75 Å². The highest BCUT2D eigenvalue weighted by molar-refractivity contribution is 9.10. The van der Waals surface area contributed by atoms with Gasteiger partial charge in [0.05, 0.1) is 24.2 Å². The third-order valence-electron chi connectivity index (χ3n) is 4.21. The van der Waals surface area contributed by atoms with E-state index in [0.29, 0.717) is 17.1 Å². The van der Waals surface area contributed by atoms with Crippen LogP contribution in [0.4, 0.5) is 11.4 Å². The number of rotatable bonds is 8. The third-order valence-corrected chi connectivity index (χ3v) is 6.04. The highest BCUT2D eigenvalue weighted by Crippen LogP contribution is 2.24. The number of benzene rings is 3. The molecule has 3 aromatic rings. The molecule has 0 heterocycles. The van der Waals surface area contributed by atoms with Crippen LogP contribution >= 0.6 is 15.9 Å². The number of carbonyl (C=O) groups is 1. The molecule has 0 atom stereocenters. The number of sulfonamides is 1. The van der Waals surface area contributed by atoms with Crippen molar-refractivity contribution >= 4 is 43.2 Å². The van der Waals surface area contributed by atoms with Gasteiger partial charge in [0.2, 0.25) is 10.0 Å². The normalized spacial score (nSPS) is 11.0. The largest absolute Gasteiger partial charge is 0.484 e. The first-order chi connectivity index (χ1) is 14.3. The van der Waals surface area contributed by atoms with E-state index in [1.165, 1.54) is 10.6 Å².